The van der Waals surface area contributed by atoms with Crippen molar-refractivity contribution < 1.29 is 14.3 Å². The average molecular weight is 512 g/mol. The Balaban J connectivity index is 1.52. The van der Waals surface area contributed by atoms with Gasteiger partial charge in [0.1, 0.15) is 12.3 Å². The van der Waals surface area contributed by atoms with Gasteiger partial charge >= 0.3 is 0 Å². The first-order valence-corrected chi connectivity index (χ1v) is 10.8. The number of halogens is 1. The maximum absolute atomic E-state index is 12.6. The minimum Gasteiger partial charge on any atom is -0.493 e. The van der Waals surface area contributed by atoms with Crippen molar-refractivity contribution in [3.63, 3.8) is 0 Å². The summed E-state index contributed by atoms with van der Waals surface area (Å²) in [7, 11) is 0. The summed E-state index contributed by atoms with van der Waals surface area (Å²) in [4.78, 5) is 12.6. The Labute approximate surface area is 197 Å². The fraction of sp³-hybridized carbons (Fsp3) is 0.0909. The van der Waals surface area contributed by atoms with Gasteiger partial charge in [0.15, 0.2) is 5.69 Å². The molecule has 0 unspecified atom stereocenters. The topological polar surface area (TPSA) is 104 Å². The Morgan fingerprint density at radius 1 is 1.12 bits per heavy atom. The molecule has 2 heterocycles. The molecule has 0 fully saturated rings. The molecule has 0 aliphatic carbocycles. The number of benzene rings is 2. The number of thiocarbonyl (C=S) groups is 1. The van der Waals surface area contributed by atoms with Crippen LogP contribution in [0.2, 0.25) is 0 Å². The van der Waals surface area contributed by atoms with E-state index in [1.807, 2.05) is 30.3 Å². The summed E-state index contributed by atoms with van der Waals surface area (Å²) in [5.74, 6) is 0.246. The van der Waals surface area contributed by atoms with Crippen LogP contribution in [-0.2, 0) is 17.9 Å². The normalized spacial score (nSPS) is 11.2. The number of para-hydroxylation sites is 1. The van der Waals surface area contributed by atoms with Gasteiger partial charge in [-0.15, -0.1) is 10.2 Å². The minimum atomic E-state index is -0.289. The van der Waals surface area contributed by atoms with Crippen molar-refractivity contribution in [3.8, 4) is 5.88 Å². The van der Waals surface area contributed by atoms with Crippen molar-refractivity contribution >= 4 is 61.4 Å². The van der Waals surface area contributed by atoms with E-state index in [0.29, 0.717) is 28.9 Å². The summed E-state index contributed by atoms with van der Waals surface area (Å²) in [5, 5.41) is 25.5. The number of furan rings is 1. The monoisotopic (exact) mass is 511 g/mol. The smallest absolute Gasteiger partial charge is 0.244 e. The van der Waals surface area contributed by atoms with Crippen LogP contribution >= 0.6 is 28.1 Å². The third kappa shape index (κ3) is 5.04. The lowest BCUT2D eigenvalue weighted by atomic mass is 10.2. The van der Waals surface area contributed by atoms with Crippen molar-refractivity contribution in [2.24, 2.45) is 10.2 Å². The van der Waals surface area contributed by atoms with E-state index in [1.54, 1.807) is 36.6 Å². The van der Waals surface area contributed by atoms with Crippen LogP contribution < -0.4 is 10.6 Å². The molecule has 0 radical (unpaired) electrons. The molecule has 32 heavy (non-hydrogen) atoms. The first-order valence-electron chi connectivity index (χ1n) is 9.59. The van der Waals surface area contributed by atoms with E-state index in [-0.39, 0.29) is 29.1 Å². The molecule has 0 bridgehead atoms. The van der Waals surface area contributed by atoms with Gasteiger partial charge in [0.25, 0.3) is 0 Å². The number of azo groups is 1. The van der Waals surface area contributed by atoms with Crippen molar-refractivity contribution in [2.45, 2.75) is 13.1 Å². The van der Waals surface area contributed by atoms with Gasteiger partial charge in [-0.2, -0.15) is 0 Å². The van der Waals surface area contributed by atoms with Crippen molar-refractivity contribution in [2.75, 3.05) is 5.32 Å². The van der Waals surface area contributed by atoms with Crippen LogP contribution in [-0.4, -0.2) is 20.7 Å². The largest absolute Gasteiger partial charge is 0.493 e. The Morgan fingerprint density at radius 3 is 2.66 bits per heavy atom. The number of rotatable bonds is 6. The van der Waals surface area contributed by atoms with Crippen LogP contribution in [0.25, 0.3) is 10.9 Å². The first kappa shape index (κ1) is 21.7. The zero-order valence-electron chi connectivity index (χ0n) is 16.7. The molecule has 4 aromatic rings. The molecule has 162 valence electrons. The standard InChI is InChI=1S/C22H18BrN5O3S/c23-14-7-9-15(10-8-14)25-19(29)13-28-18-6-2-1-5-17(18)20(21(28)30)26-27-22(32)24-12-16-4-3-11-31-16/h1-11,30H,12-13H2,(H,24,32)(H,25,29). The van der Waals surface area contributed by atoms with Crippen molar-refractivity contribution in [1.29, 1.82) is 0 Å². The van der Waals surface area contributed by atoms with Gasteiger partial charge in [0.2, 0.25) is 16.9 Å². The van der Waals surface area contributed by atoms with Gasteiger partial charge in [-0.25, -0.2) is 0 Å². The second-order valence-corrected chi connectivity index (χ2v) is 8.07. The van der Waals surface area contributed by atoms with E-state index in [1.165, 1.54) is 4.57 Å². The van der Waals surface area contributed by atoms with E-state index in [0.717, 1.165) is 4.47 Å². The molecule has 10 heteroatoms. The zero-order valence-corrected chi connectivity index (χ0v) is 19.1. The second-order valence-electron chi connectivity index (χ2n) is 6.77. The third-order valence-corrected chi connectivity index (χ3v) is 5.34. The van der Waals surface area contributed by atoms with E-state index >= 15 is 0 Å². The van der Waals surface area contributed by atoms with Crippen LogP contribution in [0, 0.1) is 0 Å². The fourth-order valence-corrected chi connectivity index (χ4v) is 3.49. The van der Waals surface area contributed by atoms with Crippen molar-refractivity contribution in [3.05, 3.63) is 77.2 Å². The molecule has 0 atom stereocenters. The lowest BCUT2D eigenvalue weighted by Gasteiger charge is -2.08. The summed E-state index contributed by atoms with van der Waals surface area (Å²) in [6.07, 6.45) is 1.57. The van der Waals surface area contributed by atoms with Crippen LogP contribution in [0.5, 0.6) is 5.88 Å². The Kier molecular flexibility index (Phi) is 6.62. The predicted molar refractivity (Wildman–Crippen MR) is 129 cm³/mol. The van der Waals surface area contributed by atoms with E-state index in [4.69, 9.17) is 16.6 Å². The van der Waals surface area contributed by atoms with Crippen LogP contribution in [0.3, 0.4) is 0 Å². The number of fused-ring (bicyclic) bond motifs is 1. The molecule has 8 nitrogen and oxygen atoms in total. The molecule has 1 amide bonds. The lowest BCUT2D eigenvalue weighted by Crippen LogP contribution is -2.18. The highest BCUT2D eigenvalue weighted by Gasteiger charge is 2.18. The highest BCUT2D eigenvalue weighted by Crippen LogP contribution is 2.38. The van der Waals surface area contributed by atoms with E-state index < -0.39 is 0 Å². The molecule has 0 saturated carbocycles. The molecule has 0 spiro atoms. The van der Waals surface area contributed by atoms with Crippen LogP contribution in [0.4, 0.5) is 11.4 Å². The number of nitrogens with zero attached hydrogens (tertiary/aromatic N) is 3. The van der Waals surface area contributed by atoms with E-state index in [2.05, 4.69) is 36.8 Å². The molecule has 0 saturated heterocycles. The molecule has 0 aliphatic rings. The third-order valence-electron chi connectivity index (χ3n) is 4.58. The summed E-state index contributed by atoms with van der Waals surface area (Å²) >= 11 is 8.54. The van der Waals surface area contributed by atoms with Crippen LogP contribution in [0.1, 0.15) is 5.76 Å². The Morgan fingerprint density at radius 2 is 1.91 bits per heavy atom. The fourth-order valence-electron chi connectivity index (χ4n) is 3.11. The molecule has 2 aromatic carbocycles. The number of carbonyl (C=O) groups is 1. The Bertz CT molecular complexity index is 1280. The molecule has 3 N–H and O–H groups in total. The number of amides is 1. The maximum atomic E-state index is 12.6. The zero-order chi connectivity index (χ0) is 22.5. The molecule has 0 aliphatic heterocycles. The lowest BCUT2D eigenvalue weighted by molar-refractivity contribution is -0.116. The summed E-state index contributed by atoms with van der Waals surface area (Å²) in [6.45, 7) is 0.272. The molecule has 4 rings (SSSR count). The number of hydrogen-bond donors (Lipinski definition) is 3. The minimum absolute atomic E-state index is 0.0981. The summed E-state index contributed by atoms with van der Waals surface area (Å²) < 4.78 is 7.63. The van der Waals surface area contributed by atoms with Crippen LogP contribution in [0.15, 0.2) is 86.0 Å². The highest BCUT2D eigenvalue weighted by molar-refractivity contribution is 9.10. The van der Waals surface area contributed by atoms with Crippen molar-refractivity contribution in [1.82, 2.24) is 9.88 Å². The number of aromatic nitrogens is 1. The Hall–Kier alpha value is -3.50. The van der Waals surface area contributed by atoms with Gasteiger partial charge in [-0.05, 0) is 54.7 Å². The quantitative estimate of drug-likeness (QED) is 0.234. The second kappa shape index (κ2) is 9.75. The maximum Gasteiger partial charge on any atom is 0.244 e. The van der Waals surface area contributed by atoms with Gasteiger partial charge < -0.3 is 24.7 Å². The number of hydrogen-bond acceptors (Lipinski definition) is 5. The van der Waals surface area contributed by atoms with Gasteiger partial charge in [-0.3, -0.25) is 4.79 Å². The first-order chi connectivity index (χ1) is 15.5. The number of carbonyl (C=O) groups excluding carboxylic acids is 1. The number of anilines is 1. The SMILES string of the molecule is O=C(Cn1c(O)c(N=NC(=S)NCc2ccco2)c2ccccc21)Nc1ccc(Br)cc1. The molecule has 2 aromatic heterocycles. The van der Waals surface area contributed by atoms with Gasteiger partial charge in [0, 0.05) is 15.5 Å². The number of nitrogens with one attached hydrogen (secondary N) is 2. The summed E-state index contributed by atoms with van der Waals surface area (Å²) in [6, 6.07) is 18.1. The molecular weight excluding hydrogens is 494 g/mol. The average Bonchev–Trinajstić information content (AvgIpc) is 3.40. The van der Waals surface area contributed by atoms with Gasteiger partial charge in [-0.1, -0.05) is 34.1 Å². The highest BCUT2D eigenvalue weighted by atomic mass is 79.9. The predicted octanol–water partition coefficient (Wildman–Crippen LogP) is 5.50. The van der Waals surface area contributed by atoms with Gasteiger partial charge in [0.05, 0.1) is 18.3 Å². The number of aromatic hydroxyl groups is 1. The molecular formula is C22H18BrN5O3S. The van der Waals surface area contributed by atoms with E-state index in [9.17, 15) is 9.90 Å². The summed E-state index contributed by atoms with van der Waals surface area (Å²) in [5.41, 5.74) is 1.54.